The SMILES string of the molecule is CCc1ccc(N2C(=O)[C@H]3[C@H](CC=C4[C@H]3C[C@H]3C(=O)N(Nc5ccc(C)cc5)C(=O)[C@@]3(c3ccccc3)[C@H]4c3cc(OC(F)(F)F)ccc3O)C2=O)cc1. The van der Waals surface area contributed by atoms with Gasteiger partial charge in [0.15, 0.2) is 0 Å². The van der Waals surface area contributed by atoms with Crippen LogP contribution in [0, 0.1) is 30.6 Å². The highest BCUT2D eigenvalue weighted by atomic mass is 19.4. The number of hydrogen-bond acceptors (Lipinski definition) is 7. The van der Waals surface area contributed by atoms with E-state index in [9.17, 15) is 32.7 Å². The van der Waals surface area contributed by atoms with Gasteiger partial charge in [-0.3, -0.25) is 29.5 Å². The Kier molecular flexibility index (Phi) is 8.39. The number of phenolic OH excluding ortho intramolecular Hbond substituents is 1. The van der Waals surface area contributed by atoms with Crippen LogP contribution in [0.4, 0.5) is 24.5 Å². The maximum absolute atomic E-state index is 15.3. The first kappa shape index (κ1) is 35.1. The summed E-state index contributed by atoms with van der Waals surface area (Å²) < 4.78 is 45.1. The van der Waals surface area contributed by atoms with E-state index in [2.05, 4.69) is 10.2 Å². The van der Waals surface area contributed by atoms with Crippen LogP contribution < -0.4 is 15.1 Å². The lowest BCUT2D eigenvalue weighted by Crippen LogP contribution is -2.53. The molecule has 2 saturated heterocycles. The molecule has 54 heavy (non-hydrogen) atoms. The lowest BCUT2D eigenvalue weighted by Gasteiger charge is -2.50. The molecule has 3 fully saturated rings. The van der Waals surface area contributed by atoms with Gasteiger partial charge in [0.1, 0.15) is 11.5 Å². The van der Waals surface area contributed by atoms with E-state index in [1.54, 1.807) is 60.7 Å². The number of carbonyl (C=O) groups excluding carboxylic acids is 4. The Balaban J connectivity index is 1.33. The maximum Gasteiger partial charge on any atom is 0.573 e. The topological polar surface area (TPSA) is 116 Å². The minimum atomic E-state index is -5.07. The number of phenols is 1. The molecule has 2 aliphatic heterocycles. The zero-order valence-electron chi connectivity index (χ0n) is 29.3. The van der Waals surface area contributed by atoms with Crippen molar-refractivity contribution in [2.45, 2.75) is 50.8 Å². The molecule has 1 saturated carbocycles. The van der Waals surface area contributed by atoms with Gasteiger partial charge in [0.2, 0.25) is 11.8 Å². The number of aromatic hydroxyl groups is 1. The quantitative estimate of drug-likeness (QED) is 0.151. The molecule has 4 aromatic carbocycles. The first-order valence-corrected chi connectivity index (χ1v) is 17.9. The smallest absolute Gasteiger partial charge is 0.508 e. The first-order valence-electron chi connectivity index (χ1n) is 17.9. The standard InChI is InChI=1S/C42H36F3N3O6/c1-3-24-11-15-27(16-12-24)47-37(50)30-19-18-29-31(35(30)39(47)52)22-33-38(51)48(46-26-13-9-23(2)10-14-26)40(53)41(33,25-7-5-4-6-8-25)36(29)32-21-28(17-20-34(32)49)54-42(43,44)45/h4-18,20-21,30-31,33,35-36,46,49H,3,19,22H2,1-2H3/t30-,31+,33-,35-,36+,41+/m0/s1. The van der Waals surface area contributed by atoms with Crippen LogP contribution in [0.3, 0.4) is 0 Å². The van der Waals surface area contributed by atoms with Gasteiger partial charge in [-0.25, -0.2) is 0 Å². The summed E-state index contributed by atoms with van der Waals surface area (Å²) in [5.74, 6) is -8.09. The number of benzene rings is 4. The third-order valence-corrected chi connectivity index (χ3v) is 11.5. The van der Waals surface area contributed by atoms with E-state index in [0.717, 1.165) is 40.8 Å². The zero-order chi connectivity index (χ0) is 38.1. The van der Waals surface area contributed by atoms with Crippen molar-refractivity contribution in [1.29, 1.82) is 0 Å². The number of nitrogens with zero attached hydrogens (tertiary/aromatic N) is 2. The number of halogens is 3. The fourth-order valence-corrected chi connectivity index (χ4v) is 9.19. The van der Waals surface area contributed by atoms with Crippen molar-refractivity contribution >= 4 is 35.0 Å². The third kappa shape index (κ3) is 5.45. The normalized spacial score (nSPS) is 26.3. The number of rotatable bonds is 7. The van der Waals surface area contributed by atoms with Gasteiger partial charge >= 0.3 is 6.36 Å². The average Bonchev–Trinajstić information content (AvgIpc) is 3.54. The highest BCUT2D eigenvalue weighted by Gasteiger charge is 2.70. The number of hydrogen-bond donors (Lipinski definition) is 2. The van der Waals surface area contributed by atoms with Crippen LogP contribution in [0.15, 0.2) is 109 Å². The number of nitrogens with one attached hydrogen (secondary N) is 1. The van der Waals surface area contributed by atoms with Gasteiger partial charge < -0.3 is 9.84 Å². The lowest BCUT2D eigenvalue weighted by molar-refractivity contribution is -0.274. The molecule has 4 aromatic rings. The van der Waals surface area contributed by atoms with Crippen molar-refractivity contribution in [2.24, 2.45) is 23.7 Å². The fourth-order valence-electron chi connectivity index (χ4n) is 9.19. The van der Waals surface area contributed by atoms with E-state index in [4.69, 9.17) is 0 Å². The Bertz CT molecular complexity index is 2210. The van der Waals surface area contributed by atoms with E-state index in [1.807, 2.05) is 38.1 Å². The molecular formula is C42H36F3N3O6. The Labute approximate surface area is 309 Å². The van der Waals surface area contributed by atoms with E-state index in [-0.39, 0.29) is 24.3 Å². The summed E-state index contributed by atoms with van der Waals surface area (Å²) in [4.78, 5) is 59.8. The van der Waals surface area contributed by atoms with E-state index < -0.39 is 70.6 Å². The Hall–Kier alpha value is -5.91. The number of imide groups is 2. The van der Waals surface area contributed by atoms with Gasteiger partial charge in [-0.1, -0.05) is 78.7 Å². The van der Waals surface area contributed by atoms with Gasteiger partial charge in [0, 0.05) is 11.5 Å². The number of ether oxygens (including phenoxy) is 1. The molecule has 0 spiro atoms. The van der Waals surface area contributed by atoms with Gasteiger partial charge in [-0.05, 0) is 85.7 Å². The number of aryl methyl sites for hydroxylation is 2. The summed E-state index contributed by atoms with van der Waals surface area (Å²) in [5.41, 5.74) is 4.83. The second-order valence-electron chi connectivity index (χ2n) is 14.4. The summed E-state index contributed by atoms with van der Waals surface area (Å²) >= 11 is 0. The molecule has 0 radical (unpaired) electrons. The summed E-state index contributed by atoms with van der Waals surface area (Å²) in [7, 11) is 0. The monoisotopic (exact) mass is 735 g/mol. The lowest BCUT2D eigenvalue weighted by atomic mass is 9.49. The zero-order valence-corrected chi connectivity index (χ0v) is 29.3. The predicted octanol–water partition coefficient (Wildman–Crippen LogP) is 7.35. The molecule has 0 aromatic heterocycles. The minimum Gasteiger partial charge on any atom is -0.508 e. The fraction of sp³-hybridized carbons (Fsp3) is 0.286. The molecule has 0 unspecified atom stereocenters. The van der Waals surface area contributed by atoms with Crippen LogP contribution in [0.5, 0.6) is 11.5 Å². The molecule has 2 N–H and O–H groups in total. The first-order chi connectivity index (χ1) is 25.8. The van der Waals surface area contributed by atoms with E-state index in [0.29, 0.717) is 22.5 Å². The molecule has 276 valence electrons. The average molecular weight is 736 g/mol. The van der Waals surface area contributed by atoms with Crippen molar-refractivity contribution in [2.75, 3.05) is 10.3 Å². The molecule has 4 amide bonds. The van der Waals surface area contributed by atoms with E-state index in [1.165, 1.54) is 4.90 Å². The van der Waals surface area contributed by atoms with Crippen molar-refractivity contribution < 1.29 is 42.2 Å². The van der Waals surface area contributed by atoms with Crippen LogP contribution in [0.2, 0.25) is 0 Å². The molecule has 12 heteroatoms. The van der Waals surface area contributed by atoms with Gasteiger partial charge in [-0.15, -0.1) is 13.2 Å². The summed E-state index contributed by atoms with van der Waals surface area (Å²) in [6.07, 6.45) is -2.44. The van der Waals surface area contributed by atoms with Crippen molar-refractivity contribution in [3.8, 4) is 11.5 Å². The van der Waals surface area contributed by atoms with Crippen molar-refractivity contribution in [3.05, 3.63) is 131 Å². The minimum absolute atomic E-state index is 0.0177. The summed E-state index contributed by atoms with van der Waals surface area (Å²) in [5, 5.41) is 12.5. The number of carbonyl (C=O) groups is 4. The number of anilines is 2. The number of hydrazine groups is 1. The van der Waals surface area contributed by atoms with Crippen LogP contribution in [0.1, 0.15) is 47.9 Å². The molecule has 2 aliphatic carbocycles. The number of allylic oxidation sites excluding steroid dienone is 2. The predicted molar refractivity (Wildman–Crippen MR) is 192 cm³/mol. The summed E-state index contributed by atoms with van der Waals surface area (Å²) in [6.45, 7) is 3.88. The van der Waals surface area contributed by atoms with Crippen LogP contribution >= 0.6 is 0 Å². The van der Waals surface area contributed by atoms with Crippen LogP contribution in [0.25, 0.3) is 0 Å². The highest BCUT2D eigenvalue weighted by molar-refractivity contribution is 6.22. The van der Waals surface area contributed by atoms with Crippen molar-refractivity contribution in [1.82, 2.24) is 5.01 Å². The van der Waals surface area contributed by atoms with Crippen LogP contribution in [-0.2, 0) is 31.0 Å². The summed E-state index contributed by atoms with van der Waals surface area (Å²) in [6, 6.07) is 25.8. The molecule has 8 rings (SSSR count). The molecular weight excluding hydrogens is 699 g/mol. The van der Waals surface area contributed by atoms with Gasteiger partial charge in [0.05, 0.1) is 34.5 Å². The molecule has 9 nitrogen and oxygen atoms in total. The van der Waals surface area contributed by atoms with E-state index >= 15 is 4.79 Å². The largest absolute Gasteiger partial charge is 0.573 e. The Morgan fingerprint density at radius 2 is 1.57 bits per heavy atom. The third-order valence-electron chi connectivity index (χ3n) is 11.5. The Morgan fingerprint density at radius 3 is 2.24 bits per heavy atom. The number of alkyl halides is 3. The highest BCUT2D eigenvalue weighted by Crippen LogP contribution is 2.65. The molecule has 6 atom stereocenters. The molecule has 2 heterocycles. The van der Waals surface area contributed by atoms with Gasteiger partial charge in [-0.2, -0.15) is 5.01 Å². The second-order valence-corrected chi connectivity index (χ2v) is 14.4. The van der Waals surface area contributed by atoms with Gasteiger partial charge in [0.25, 0.3) is 11.8 Å². The van der Waals surface area contributed by atoms with Crippen molar-refractivity contribution in [3.63, 3.8) is 0 Å². The maximum atomic E-state index is 15.3. The molecule has 4 aliphatic rings. The second kappa shape index (κ2) is 12.9. The number of fused-ring (bicyclic) bond motifs is 4. The van der Waals surface area contributed by atoms with Crippen LogP contribution in [-0.4, -0.2) is 40.1 Å². The number of amides is 4. The Morgan fingerprint density at radius 1 is 0.870 bits per heavy atom. The molecule has 0 bridgehead atoms.